The number of halogens is 1. The lowest BCUT2D eigenvalue weighted by Gasteiger charge is -2.26. The summed E-state index contributed by atoms with van der Waals surface area (Å²) in [6, 6.07) is 7.51. The van der Waals surface area contributed by atoms with Crippen LogP contribution in [0.25, 0.3) is 0 Å². The molecule has 0 radical (unpaired) electrons. The number of benzene rings is 1. The lowest BCUT2D eigenvalue weighted by molar-refractivity contribution is 0.0723. The second-order valence-corrected chi connectivity index (χ2v) is 5.85. The molecule has 1 aliphatic heterocycles. The number of carbonyl (C=O) groups is 1. The first-order valence-electron chi connectivity index (χ1n) is 7.23. The number of hydrogen-bond donors (Lipinski definition) is 1. The number of aryl methyl sites for hydroxylation is 1. The molecule has 1 unspecified atom stereocenters. The molecule has 1 aromatic heterocycles. The van der Waals surface area contributed by atoms with Gasteiger partial charge in [-0.25, -0.2) is 0 Å². The number of amides is 1. The molecule has 0 aliphatic carbocycles. The van der Waals surface area contributed by atoms with E-state index in [0.717, 1.165) is 23.2 Å². The summed E-state index contributed by atoms with van der Waals surface area (Å²) in [5, 5.41) is 7.78. The first-order chi connectivity index (χ1) is 10.6. The Bertz CT molecular complexity index is 681. The van der Waals surface area contributed by atoms with Crippen LogP contribution in [-0.2, 0) is 4.74 Å². The summed E-state index contributed by atoms with van der Waals surface area (Å²) >= 11 is 5.98. The van der Waals surface area contributed by atoms with Crippen molar-refractivity contribution >= 4 is 17.5 Å². The van der Waals surface area contributed by atoms with E-state index in [2.05, 4.69) is 10.2 Å². The number of ether oxygens (including phenoxy) is 1. The summed E-state index contributed by atoms with van der Waals surface area (Å²) in [7, 11) is 1.66. The first kappa shape index (κ1) is 15.1. The Balaban J connectivity index is 1.98. The predicted octanol–water partition coefficient (Wildman–Crippen LogP) is 2.95. The van der Waals surface area contributed by atoms with Gasteiger partial charge in [-0.05, 0) is 31.0 Å². The Morgan fingerprint density at radius 3 is 2.77 bits per heavy atom. The van der Waals surface area contributed by atoms with Crippen LogP contribution in [0.15, 0.2) is 24.3 Å². The third kappa shape index (κ3) is 2.51. The Kier molecular flexibility index (Phi) is 4.18. The number of hydrogen-bond acceptors (Lipinski definition) is 3. The molecule has 0 spiro atoms. The molecular weight excluding hydrogens is 302 g/mol. The van der Waals surface area contributed by atoms with Gasteiger partial charge in [0.05, 0.1) is 6.04 Å². The molecule has 5 nitrogen and oxygen atoms in total. The standard InChI is InChI=1S/C16H18ClN3O2/c1-10-13-14(19-18-10)16(21)20(8-3-9-22-2)15(13)11-4-6-12(17)7-5-11/h4-7,15H,3,8-9H2,1-2H3,(H,18,19). The molecule has 0 saturated heterocycles. The molecule has 2 aromatic rings. The van der Waals surface area contributed by atoms with Gasteiger partial charge in [-0.3, -0.25) is 9.89 Å². The van der Waals surface area contributed by atoms with Crippen molar-refractivity contribution < 1.29 is 9.53 Å². The van der Waals surface area contributed by atoms with E-state index in [-0.39, 0.29) is 11.9 Å². The summed E-state index contributed by atoms with van der Waals surface area (Å²) in [5.41, 5.74) is 3.45. The van der Waals surface area contributed by atoms with Crippen LogP contribution in [0.5, 0.6) is 0 Å². The van der Waals surface area contributed by atoms with E-state index in [4.69, 9.17) is 16.3 Å². The van der Waals surface area contributed by atoms with Gasteiger partial charge in [0.25, 0.3) is 5.91 Å². The van der Waals surface area contributed by atoms with Gasteiger partial charge >= 0.3 is 0 Å². The average Bonchev–Trinajstić information content (AvgIpc) is 3.01. The van der Waals surface area contributed by atoms with Crippen LogP contribution in [0.4, 0.5) is 0 Å². The maximum atomic E-state index is 12.6. The number of aromatic nitrogens is 2. The highest BCUT2D eigenvalue weighted by Gasteiger charge is 2.40. The second kappa shape index (κ2) is 6.10. The Morgan fingerprint density at radius 1 is 1.36 bits per heavy atom. The topological polar surface area (TPSA) is 58.2 Å². The molecule has 1 aliphatic rings. The minimum atomic E-state index is -0.115. The van der Waals surface area contributed by atoms with Gasteiger partial charge in [-0.1, -0.05) is 23.7 Å². The SMILES string of the molecule is COCCCN1C(=O)c2n[nH]c(C)c2C1c1ccc(Cl)cc1. The fourth-order valence-corrected chi connectivity index (χ4v) is 3.07. The fourth-order valence-electron chi connectivity index (χ4n) is 2.95. The monoisotopic (exact) mass is 319 g/mol. The number of nitrogens with zero attached hydrogens (tertiary/aromatic N) is 2. The van der Waals surface area contributed by atoms with Crippen LogP contribution < -0.4 is 0 Å². The van der Waals surface area contributed by atoms with Crippen molar-refractivity contribution in [1.82, 2.24) is 15.1 Å². The third-order valence-corrected chi connectivity index (χ3v) is 4.23. The fraction of sp³-hybridized carbons (Fsp3) is 0.375. The summed E-state index contributed by atoms with van der Waals surface area (Å²) in [5.74, 6) is -0.0320. The van der Waals surface area contributed by atoms with Crippen LogP contribution >= 0.6 is 11.6 Å². The molecular formula is C16H18ClN3O2. The van der Waals surface area contributed by atoms with Crippen molar-refractivity contribution in [3.8, 4) is 0 Å². The molecule has 1 atom stereocenters. The van der Waals surface area contributed by atoms with Gasteiger partial charge in [0.15, 0.2) is 5.69 Å². The molecule has 0 saturated carbocycles. The Hall–Kier alpha value is -1.85. The summed E-state index contributed by atoms with van der Waals surface area (Å²) in [6.45, 7) is 3.20. The molecule has 1 N–H and O–H groups in total. The predicted molar refractivity (Wildman–Crippen MR) is 84.1 cm³/mol. The molecule has 3 rings (SSSR count). The van der Waals surface area contributed by atoms with E-state index in [1.807, 2.05) is 36.1 Å². The second-order valence-electron chi connectivity index (χ2n) is 5.41. The van der Waals surface area contributed by atoms with Crippen LogP contribution in [0.1, 0.15) is 39.8 Å². The first-order valence-corrected chi connectivity index (χ1v) is 7.61. The maximum absolute atomic E-state index is 12.6. The molecule has 22 heavy (non-hydrogen) atoms. The van der Waals surface area contributed by atoms with Crippen LogP contribution in [0.3, 0.4) is 0 Å². The van der Waals surface area contributed by atoms with Gasteiger partial charge < -0.3 is 9.64 Å². The quantitative estimate of drug-likeness (QED) is 0.862. The largest absolute Gasteiger partial charge is 0.385 e. The number of rotatable bonds is 5. The minimum absolute atomic E-state index is 0.0320. The number of H-pyrrole nitrogens is 1. The normalized spacial score (nSPS) is 17.1. The van der Waals surface area contributed by atoms with Gasteiger partial charge in [0.2, 0.25) is 0 Å². The lowest BCUT2D eigenvalue weighted by atomic mass is 9.99. The molecule has 116 valence electrons. The van der Waals surface area contributed by atoms with Crippen molar-refractivity contribution in [2.75, 3.05) is 20.3 Å². The highest BCUT2D eigenvalue weighted by molar-refractivity contribution is 6.30. The van der Waals surface area contributed by atoms with Crippen molar-refractivity contribution in [2.24, 2.45) is 0 Å². The van der Waals surface area contributed by atoms with Gasteiger partial charge in [-0.2, -0.15) is 5.10 Å². The van der Waals surface area contributed by atoms with E-state index in [1.165, 1.54) is 0 Å². The zero-order valence-electron chi connectivity index (χ0n) is 12.6. The molecule has 2 heterocycles. The Labute approximate surface area is 134 Å². The van der Waals surface area contributed by atoms with Crippen LogP contribution in [-0.4, -0.2) is 41.3 Å². The van der Waals surface area contributed by atoms with Gasteiger partial charge in [-0.15, -0.1) is 0 Å². The zero-order chi connectivity index (χ0) is 15.7. The van der Waals surface area contributed by atoms with E-state index in [0.29, 0.717) is 23.9 Å². The highest BCUT2D eigenvalue weighted by Crippen LogP contribution is 2.39. The number of aromatic amines is 1. The van der Waals surface area contributed by atoms with Crippen LogP contribution in [0.2, 0.25) is 5.02 Å². The summed E-state index contributed by atoms with van der Waals surface area (Å²) in [4.78, 5) is 14.5. The van der Waals surface area contributed by atoms with Gasteiger partial charge in [0, 0.05) is 36.5 Å². The molecule has 0 bridgehead atoms. The smallest absolute Gasteiger partial charge is 0.275 e. The van der Waals surface area contributed by atoms with Crippen molar-refractivity contribution in [3.63, 3.8) is 0 Å². The van der Waals surface area contributed by atoms with E-state index < -0.39 is 0 Å². The number of methoxy groups -OCH3 is 1. The highest BCUT2D eigenvalue weighted by atomic mass is 35.5. The van der Waals surface area contributed by atoms with Crippen molar-refractivity contribution in [1.29, 1.82) is 0 Å². The average molecular weight is 320 g/mol. The lowest BCUT2D eigenvalue weighted by Crippen LogP contribution is -2.31. The number of carbonyl (C=O) groups excluding carboxylic acids is 1. The summed E-state index contributed by atoms with van der Waals surface area (Å²) < 4.78 is 5.10. The van der Waals surface area contributed by atoms with Crippen molar-refractivity contribution in [2.45, 2.75) is 19.4 Å². The van der Waals surface area contributed by atoms with Crippen molar-refractivity contribution in [3.05, 3.63) is 51.8 Å². The maximum Gasteiger partial charge on any atom is 0.275 e. The van der Waals surface area contributed by atoms with Crippen LogP contribution in [0, 0.1) is 6.92 Å². The summed E-state index contributed by atoms with van der Waals surface area (Å²) in [6.07, 6.45) is 0.791. The third-order valence-electron chi connectivity index (χ3n) is 3.98. The van der Waals surface area contributed by atoms with E-state index in [1.54, 1.807) is 7.11 Å². The number of nitrogens with one attached hydrogen (secondary N) is 1. The molecule has 6 heteroatoms. The molecule has 1 amide bonds. The van der Waals surface area contributed by atoms with E-state index in [9.17, 15) is 4.79 Å². The number of fused-ring (bicyclic) bond motifs is 1. The molecule has 0 fully saturated rings. The Morgan fingerprint density at radius 2 is 2.09 bits per heavy atom. The van der Waals surface area contributed by atoms with Gasteiger partial charge in [0.1, 0.15) is 0 Å². The minimum Gasteiger partial charge on any atom is -0.385 e. The molecule has 1 aromatic carbocycles. The zero-order valence-corrected chi connectivity index (χ0v) is 13.4. The van der Waals surface area contributed by atoms with E-state index >= 15 is 0 Å².